The van der Waals surface area contributed by atoms with E-state index in [0.717, 1.165) is 11.1 Å². The van der Waals surface area contributed by atoms with Crippen LogP contribution in [0.4, 0.5) is 4.39 Å². The molecule has 2 aromatic carbocycles. The van der Waals surface area contributed by atoms with Gasteiger partial charge in [0.15, 0.2) is 0 Å². The lowest BCUT2D eigenvalue weighted by Gasteiger charge is -2.18. The molecule has 3 N–H and O–H groups in total. The number of nitrogens with one attached hydrogen (secondary N) is 1. The van der Waals surface area contributed by atoms with Gasteiger partial charge in [-0.3, -0.25) is 11.3 Å². The second kappa shape index (κ2) is 6.87. The molecule has 0 spiro atoms. The van der Waals surface area contributed by atoms with Gasteiger partial charge in [-0.05, 0) is 51.7 Å². The van der Waals surface area contributed by atoms with Gasteiger partial charge in [-0.2, -0.15) is 0 Å². The van der Waals surface area contributed by atoms with Crippen molar-refractivity contribution in [2.45, 2.75) is 12.5 Å². The van der Waals surface area contributed by atoms with Crippen LogP contribution in [0.1, 0.15) is 17.2 Å². The van der Waals surface area contributed by atoms with Crippen LogP contribution in [0.15, 0.2) is 40.9 Å². The van der Waals surface area contributed by atoms with Crippen LogP contribution in [0.5, 0.6) is 0 Å². The van der Waals surface area contributed by atoms with Crippen molar-refractivity contribution in [3.63, 3.8) is 0 Å². The molecule has 2 nitrogen and oxygen atoms in total. The molecule has 0 saturated carbocycles. The minimum atomic E-state index is -0.333. The first-order chi connectivity index (χ1) is 9.52. The van der Waals surface area contributed by atoms with Gasteiger partial charge >= 0.3 is 0 Å². The van der Waals surface area contributed by atoms with Gasteiger partial charge in [0, 0.05) is 0 Å². The van der Waals surface area contributed by atoms with Crippen molar-refractivity contribution in [1.29, 1.82) is 0 Å². The lowest BCUT2D eigenvalue weighted by Crippen LogP contribution is -2.29. The van der Waals surface area contributed by atoms with Crippen molar-refractivity contribution in [3.05, 3.63) is 67.9 Å². The van der Waals surface area contributed by atoms with Crippen LogP contribution < -0.4 is 11.3 Å². The number of rotatable bonds is 4. The minimum Gasteiger partial charge on any atom is -0.271 e. The van der Waals surface area contributed by atoms with E-state index in [4.69, 9.17) is 29.0 Å². The van der Waals surface area contributed by atoms with Crippen LogP contribution in [0.25, 0.3) is 0 Å². The molecular weight excluding hydrogens is 366 g/mol. The fourth-order valence-electron chi connectivity index (χ4n) is 1.93. The average molecular weight is 378 g/mol. The minimum absolute atomic E-state index is 0.256. The summed E-state index contributed by atoms with van der Waals surface area (Å²) in [6.07, 6.45) is 0.511. The summed E-state index contributed by atoms with van der Waals surface area (Å²) in [5.74, 6) is 5.24. The summed E-state index contributed by atoms with van der Waals surface area (Å²) in [6, 6.07) is 10.0. The monoisotopic (exact) mass is 376 g/mol. The summed E-state index contributed by atoms with van der Waals surface area (Å²) in [5, 5.41) is 0.980. The average Bonchev–Trinajstić information content (AvgIpc) is 2.44. The van der Waals surface area contributed by atoms with E-state index in [1.807, 2.05) is 12.1 Å². The lowest BCUT2D eigenvalue weighted by atomic mass is 9.99. The summed E-state index contributed by atoms with van der Waals surface area (Å²) < 4.78 is 14.0. The molecule has 1 atom stereocenters. The molecule has 6 heteroatoms. The van der Waals surface area contributed by atoms with E-state index in [0.29, 0.717) is 20.9 Å². The molecule has 0 bridgehead atoms. The Bertz CT molecular complexity index is 622. The number of benzene rings is 2. The van der Waals surface area contributed by atoms with E-state index in [9.17, 15) is 4.39 Å². The first-order valence-corrected chi connectivity index (χ1v) is 7.41. The van der Waals surface area contributed by atoms with Crippen molar-refractivity contribution < 1.29 is 4.39 Å². The van der Waals surface area contributed by atoms with E-state index in [1.54, 1.807) is 18.2 Å². The third kappa shape index (κ3) is 3.51. The lowest BCUT2D eigenvalue weighted by molar-refractivity contribution is 0.543. The van der Waals surface area contributed by atoms with Gasteiger partial charge in [0.25, 0.3) is 0 Å². The Morgan fingerprint density at radius 2 is 2.00 bits per heavy atom. The second-order valence-corrected chi connectivity index (χ2v) is 5.95. The summed E-state index contributed by atoms with van der Waals surface area (Å²) >= 11 is 15.3. The summed E-state index contributed by atoms with van der Waals surface area (Å²) in [6.45, 7) is 0. The predicted molar refractivity (Wildman–Crippen MR) is 84.3 cm³/mol. The van der Waals surface area contributed by atoms with Gasteiger partial charge in [0.2, 0.25) is 0 Å². The molecule has 106 valence electrons. The molecule has 2 aromatic rings. The van der Waals surface area contributed by atoms with E-state index >= 15 is 0 Å². The number of hydrazine groups is 1. The van der Waals surface area contributed by atoms with Crippen LogP contribution in [-0.2, 0) is 6.42 Å². The SMILES string of the molecule is NNC(Cc1cccc(Cl)c1Cl)c1ccc(Br)c(F)c1. The largest absolute Gasteiger partial charge is 0.271 e. The fourth-order valence-corrected chi connectivity index (χ4v) is 2.57. The fraction of sp³-hybridized carbons (Fsp3) is 0.143. The Morgan fingerprint density at radius 3 is 2.65 bits per heavy atom. The highest BCUT2D eigenvalue weighted by Crippen LogP contribution is 2.29. The summed E-state index contributed by atoms with van der Waals surface area (Å²) in [7, 11) is 0. The van der Waals surface area contributed by atoms with Gasteiger partial charge in [0.05, 0.1) is 20.6 Å². The van der Waals surface area contributed by atoms with Crippen molar-refractivity contribution in [2.24, 2.45) is 5.84 Å². The van der Waals surface area contributed by atoms with Crippen LogP contribution >= 0.6 is 39.1 Å². The molecule has 2 rings (SSSR count). The zero-order valence-electron chi connectivity index (χ0n) is 10.3. The van der Waals surface area contributed by atoms with Gasteiger partial charge in [-0.15, -0.1) is 0 Å². The highest BCUT2D eigenvalue weighted by molar-refractivity contribution is 9.10. The van der Waals surface area contributed by atoms with Crippen LogP contribution in [0, 0.1) is 5.82 Å². The molecule has 0 aliphatic rings. The summed E-state index contributed by atoms with van der Waals surface area (Å²) in [4.78, 5) is 0. The Labute approximate surface area is 135 Å². The Hall–Kier alpha value is -0.650. The second-order valence-electron chi connectivity index (χ2n) is 4.31. The van der Waals surface area contributed by atoms with Crippen LogP contribution in [0.2, 0.25) is 10.0 Å². The Balaban J connectivity index is 2.28. The Morgan fingerprint density at radius 1 is 1.25 bits per heavy atom. The van der Waals surface area contributed by atoms with E-state index in [-0.39, 0.29) is 11.9 Å². The van der Waals surface area contributed by atoms with E-state index in [2.05, 4.69) is 21.4 Å². The quantitative estimate of drug-likeness (QED) is 0.601. The van der Waals surface area contributed by atoms with Crippen molar-refractivity contribution in [1.82, 2.24) is 5.43 Å². The molecule has 1 unspecified atom stereocenters. The van der Waals surface area contributed by atoms with Gasteiger partial charge in [-0.1, -0.05) is 41.4 Å². The number of halogens is 4. The maximum atomic E-state index is 13.6. The molecule has 0 radical (unpaired) electrons. The molecular formula is C14H12BrCl2FN2. The number of nitrogens with two attached hydrogens (primary N) is 1. The summed E-state index contributed by atoms with van der Waals surface area (Å²) in [5.41, 5.74) is 4.27. The third-order valence-corrected chi connectivity index (χ3v) is 4.50. The van der Waals surface area contributed by atoms with Gasteiger partial charge in [-0.25, -0.2) is 4.39 Å². The maximum Gasteiger partial charge on any atom is 0.137 e. The topological polar surface area (TPSA) is 38.0 Å². The van der Waals surface area contributed by atoms with Crippen LogP contribution in [0.3, 0.4) is 0 Å². The highest BCUT2D eigenvalue weighted by Gasteiger charge is 2.15. The first kappa shape index (κ1) is 15.7. The maximum absolute atomic E-state index is 13.6. The molecule has 0 aliphatic heterocycles. The Kier molecular flexibility index (Phi) is 5.41. The normalized spacial score (nSPS) is 12.4. The molecule has 0 saturated heterocycles. The van der Waals surface area contributed by atoms with Gasteiger partial charge < -0.3 is 0 Å². The molecule has 20 heavy (non-hydrogen) atoms. The zero-order chi connectivity index (χ0) is 14.7. The smallest absolute Gasteiger partial charge is 0.137 e. The third-order valence-electron chi connectivity index (χ3n) is 3.00. The first-order valence-electron chi connectivity index (χ1n) is 5.87. The zero-order valence-corrected chi connectivity index (χ0v) is 13.4. The molecule has 0 fully saturated rings. The van der Waals surface area contributed by atoms with Gasteiger partial charge in [0.1, 0.15) is 5.82 Å². The number of hydrogen-bond donors (Lipinski definition) is 2. The van der Waals surface area contributed by atoms with Crippen molar-refractivity contribution in [3.8, 4) is 0 Å². The molecule has 0 heterocycles. The number of hydrogen-bond acceptors (Lipinski definition) is 2. The van der Waals surface area contributed by atoms with Crippen molar-refractivity contribution >= 4 is 39.1 Å². The van der Waals surface area contributed by atoms with E-state index < -0.39 is 0 Å². The van der Waals surface area contributed by atoms with Crippen LogP contribution in [-0.4, -0.2) is 0 Å². The predicted octanol–water partition coefficient (Wildman–Crippen LogP) is 4.64. The standard InChI is InChI=1S/C14H12BrCl2FN2/c15-10-5-4-8(6-12(10)18)13(20-19)7-9-2-1-3-11(16)14(9)17/h1-6,13,20H,7,19H2. The highest BCUT2D eigenvalue weighted by atomic mass is 79.9. The molecule has 0 aliphatic carbocycles. The molecule has 0 amide bonds. The van der Waals surface area contributed by atoms with Crippen molar-refractivity contribution in [2.75, 3.05) is 0 Å². The van der Waals surface area contributed by atoms with E-state index in [1.165, 1.54) is 6.07 Å². The molecule has 0 aromatic heterocycles.